The minimum atomic E-state index is 1.23. The second-order valence-corrected chi connectivity index (χ2v) is 13.5. The number of benzene rings is 7. The molecule has 0 nitrogen and oxygen atoms in total. The molecule has 2 heterocycles. The topological polar surface area (TPSA) is 0 Å². The van der Waals surface area contributed by atoms with E-state index < -0.39 is 0 Å². The normalized spacial score (nSPS) is 11.6. The van der Waals surface area contributed by atoms with Crippen LogP contribution >= 0.6 is 22.7 Å². The van der Waals surface area contributed by atoms with Gasteiger partial charge in [0.15, 0.2) is 0 Å². The smallest absolute Gasteiger partial charge is 0.0367 e. The Balaban J connectivity index is 1.19. The average molecular weight is 595 g/mol. The van der Waals surface area contributed by atoms with Crippen molar-refractivity contribution in [1.82, 2.24) is 0 Å². The molecule has 0 spiro atoms. The third kappa shape index (κ3) is 4.18. The molecule has 9 rings (SSSR count). The molecule has 7 aromatic carbocycles. The van der Waals surface area contributed by atoms with Crippen molar-refractivity contribution in [2.45, 2.75) is 0 Å². The minimum Gasteiger partial charge on any atom is -0.135 e. The van der Waals surface area contributed by atoms with E-state index in [9.17, 15) is 0 Å². The fraction of sp³-hybridized carbons (Fsp3) is 0. The molecule has 0 bridgehead atoms. The number of hydrogen-bond acceptors (Lipinski definition) is 2. The van der Waals surface area contributed by atoms with Crippen molar-refractivity contribution < 1.29 is 0 Å². The number of thiophene rings is 2. The summed E-state index contributed by atoms with van der Waals surface area (Å²) in [6.07, 6.45) is 0. The van der Waals surface area contributed by atoms with E-state index in [1.54, 1.807) is 0 Å². The van der Waals surface area contributed by atoms with Gasteiger partial charge in [0.1, 0.15) is 0 Å². The van der Waals surface area contributed by atoms with Crippen LogP contribution in [0.1, 0.15) is 0 Å². The lowest BCUT2D eigenvalue weighted by Crippen LogP contribution is -1.86. The standard InChI is InChI=1S/C42H26S2/c1-2-9-27(10-3-1)28-17-19-29(20-18-28)30-21-23-31(24-22-30)32-25-36(42-35-12-5-7-15-38(35)44-40(42)26-32)33-13-8-16-39-41(33)34-11-4-6-14-37(34)43-39/h1-26H. The molecule has 0 fully saturated rings. The highest BCUT2D eigenvalue weighted by molar-refractivity contribution is 7.26. The quantitative estimate of drug-likeness (QED) is 0.190. The second-order valence-electron chi connectivity index (χ2n) is 11.3. The highest BCUT2D eigenvalue weighted by atomic mass is 32.1. The average Bonchev–Trinajstić information content (AvgIpc) is 3.67. The van der Waals surface area contributed by atoms with Crippen molar-refractivity contribution in [2.24, 2.45) is 0 Å². The summed E-state index contributed by atoms with van der Waals surface area (Å²) in [5.74, 6) is 0. The molecular weight excluding hydrogens is 569 g/mol. The zero-order valence-electron chi connectivity index (χ0n) is 23.8. The van der Waals surface area contributed by atoms with Crippen LogP contribution in [0.25, 0.3) is 84.9 Å². The van der Waals surface area contributed by atoms with E-state index >= 15 is 0 Å². The van der Waals surface area contributed by atoms with E-state index in [1.165, 1.54) is 84.9 Å². The highest BCUT2D eigenvalue weighted by Gasteiger charge is 2.17. The van der Waals surface area contributed by atoms with Crippen LogP contribution in [-0.4, -0.2) is 0 Å². The third-order valence-electron chi connectivity index (χ3n) is 8.71. The maximum absolute atomic E-state index is 2.42. The van der Waals surface area contributed by atoms with E-state index in [0.717, 1.165) is 0 Å². The summed E-state index contributed by atoms with van der Waals surface area (Å²) in [7, 11) is 0. The lowest BCUT2D eigenvalue weighted by Gasteiger charge is -2.12. The van der Waals surface area contributed by atoms with Crippen molar-refractivity contribution in [1.29, 1.82) is 0 Å². The molecule has 0 radical (unpaired) electrons. The summed E-state index contributed by atoms with van der Waals surface area (Å²) in [6.45, 7) is 0. The van der Waals surface area contributed by atoms with Gasteiger partial charge in [0.2, 0.25) is 0 Å². The Morgan fingerprint density at radius 1 is 0.273 bits per heavy atom. The van der Waals surface area contributed by atoms with Gasteiger partial charge in [-0.15, -0.1) is 22.7 Å². The van der Waals surface area contributed by atoms with Gasteiger partial charge in [-0.2, -0.15) is 0 Å². The lowest BCUT2D eigenvalue weighted by atomic mass is 9.91. The van der Waals surface area contributed by atoms with Crippen molar-refractivity contribution in [2.75, 3.05) is 0 Å². The summed E-state index contributed by atoms with van der Waals surface area (Å²) in [6, 6.07) is 57.8. The van der Waals surface area contributed by atoms with Crippen molar-refractivity contribution in [3.8, 4) is 44.5 Å². The first-order chi connectivity index (χ1) is 21.8. The molecule has 0 atom stereocenters. The summed E-state index contributed by atoms with van der Waals surface area (Å²) in [5.41, 5.74) is 10.0. The first kappa shape index (κ1) is 25.5. The Hall–Kier alpha value is -5.02. The molecular formula is C42H26S2. The maximum atomic E-state index is 2.42. The lowest BCUT2D eigenvalue weighted by molar-refractivity contribution is 1.58. The maximum Gasteiger partial charge on any atom is 0.0367 e. The molecule has 44 heavy (non-hydrogen) atoms. The van der Waals surface area contributed by atoms with Gasteiger partial charge in [0.25, 0.3) is 0 Å². The van der Waals surface area contributed by atoms with Gasteiger partial charge in [-0.05, 0) is 74.8 Å². The number of rotatable bonds is 4. The number of hydrogen-bond donors (Lipinski definition) is 0. The zero-order chi connectivity index (χ0) is 29.0. The molecule has 0 amide bonds. The SMILES string of the molecule is c1ccc(-c2ccc(-c3ccc(-c4cc(-c5cccc6sc7ccccc7c56)c5c(c4)sc4ccccc45)cc3)cc2)cc1. The number of fused-ring (bicyclic) bond motifs is 6. The van der Waals surface area contributed by atoms with Gasteiger partial charge in [-0.25, -0.2) is 0 Å². The van der Waals surface area contributed by atoms with E-state index in [0.29, 0.717) is 0 Å². The Bertz CT molecular complexity index is 2460. The summed E-state index contributed by atoms with van der Waals surface area (Å²) in [5, 5.41) is 5.38. The first-order valence-electron chi connectivity index (χ1n) is 14.9. The van der Waals surface area contributed by atoms with Gasteiger partial charge in [0, 0.05) is 40.3 Å². The molecule has 0 unspecified atom stereocenters. The molecule has 0 aliphatic heterocycles. The van der Waals surface area contributed by atoms with Crippen LogP contribution in [0.15, 0.2) is 158 Å². The van der Waals surface area contributed by atoms with Gasteiger partial charge < -0.3 is 0 Å². The van der Waals surface area contributed by atoms with E-state index in [1.807, 2.05) is 22.7 Å². The highest BCUT2D eigenvalue weighted by Crippen LogP contribution is 2.47. The summed E-state index contributed by atoms with van der Waals surface area (Å²) < 4.78 is 5.34. The van der Waals surface area contributed by atoms with Crippen LogP contribution in [0.3, 0.4) is 0 Å². The van der Waals surface area contributed by atoms with E-state index in [-0.39, 0.29) is 0 Å². The fourth-order valence-electron chi connectivity index (χ4n) is 6.57. The van der Waals surface area contributed by atoms with Crippen LogP contribution in [0.2, 0.25) is 0 Å². The Morgan fingerprint density at radius 3 is 1.34 bits per heavy atom. The third-order valence-corrected chi connectivity index (χ3v) is 11.0. The van der Waals surface area contributed by atoms with Gasteiger partial charge in [-0.1, -0.05) is 127 Å². The molecule has 2 heteroatoms. The molecule has 9 aromatic rings. The monoisotopic (exact) mass is 594 g/mol. The van der Waals surface area contributed by atoms with Crippen molar-refractivity contribution >= 4 is 63.0 Å². The summed E-state index contributed by atoms with van der Waals surface area (Å²) >= 11 is 3.78. The van der Waals surface area contributed by atoms with Crippen LogP contribution in [0.4, 0.5) is 0 Å². The Kier molecular flexibility index (Phi) is 5.97. The Labute approximate surface area is 264 Å². The Morgan fingerprint density at radius 2 is 0.727 bits per heavy atom. The van der Waals surface area contributed by atoms with E-state index in [2.05, 4.69) is 158 Å². The minimum absolute atomic E-state index is 1.23. The van der Waals surface area contributed by atoms with Crippen LogP contribution in [0, 0.1) is 0 Å². The summed E-state index contributed by atoms with van der Waals surface area (Å²) in [4.78, 5) is 0. The van der Waals surface area contributed by atoms with Gasteiger partial charge in [0.05, 0.1) is 0 Å². The molecule has 0 aliphatic rings. The zero-order valence-corrected chi connectivity index (χ0v) is 25.5. The molecule has 0 saturated carbocycles. The van der Waals surface area contributed by atoms with Crippen LogP contribution in [-0.2, 0) is 0 Å². The van der Waals surface area contributed by atoms with Crippen LogP contribution < -0.4 is 0 Å². The van der Waals surface area contributed by atoms with Crippen LogP contribution in [0.5, 0.6) is 0 Å². The molecule has 2 aromatic heterocycles. The predicted octanol–water partition coefficient (Wildman–Crippen LogP) is 13.1. The first-order valence-corrected chi connectivity index (χ1v) is 16.6. The van der Waals surface area contributed by atoms with Crippen molar-refractivity contribution in [3.63, 3.8) is 0 Å². The second kappa shape index (κ2) is 10.3. The largest absolute Gasteiger partial charge is 0.135 e. The van der Waals surface area contributed by atoms with Gasteiger partial charge >= 0.3 is 0 Å². The van der Waals surface area contributed by atoms with E-state index in [4.69, 9.17) is 0 Å². The van der Waals surface area contributed by atoms with Crippen molar-refractivity contribution in [3.05, 3.63) is 158 Å². The molecule has 206 valence electrons. The van der Waals surface area contributed by atoms with Gasteiger partial charge in [-0.3, -0.25) is 0 Å². The fourth-order valence-corrected chi connectivity index (χ4v) is 8.88. The molecule has 0 aliphatic carbocycles. The predicted molar refractivity (Wildman–Crippen MR) is 194 cm³/mol. The molecule has 0 N–H and O–H groups in total. The molecule has 0 saturated heterocycles.